The Hall–Kier alpha value is -2.25. The van der Waals surface area contributed by atoms with Crippen LogP contribution >= 0.6 is 11.6 Å². The molecular formula is C21H23ClF3N3O. The van der Waals surface area contributed by atoms with Gasteiger partial charge < -0.3 is 15.5 Å². The van der Waals surface area contributed by atoms with Crippen LogP contribution in [0.2, 0.25) is 5.02 Å². The number of hydrogen-bond donors (Lipinski definition) is 2. The van der Waals surface area contributed by atoms with E-state index in [1.54, 1.807) is 0 Å². The second kappa shape index (κ2) is 8.63. The minimum Gasteiger partial charge on any atom is -0.378 e. The molecule has 0 aliphatic carbocycles. The van der Waals surface area contributed by atoms with Gasteiger partial charge in [-0.1, -0.05) is 29.8 Å². The van der Waals surface area contributed by atoms with Crippen molar-refractivity contribution in [2.75, 3.05) is 32.1 Å². The highest BCUT2D eigenvalue weighted by atomic mass is 35.5. The van der Waals surface area contributed by atoms with Crippen molar-refractivity contribution >= 4 is 23.2 Å². The van der Waals surface area contributed by atoms with Gasteiger partial charge in [0.15, 0.2) is 0 Å². The van der Waals surface area contributed by atoms with Crippen molar-refractivity contribution in [3.05, 3.63) is 64.2 Å². The molecule has 2 N–H and O–H groups in total. The summed E-state index contributed by atoms with van der Waals surface area (Å²) >= 11 is 5.86. The number of carbonyl (C=O) groups excluding carboxylic acids is 1. The van der Waals surface area contributed by atoms with Gasteiger partial charge in [-0.15, -0.1) is 0 Å². The Balaban J connectivity index is 1.66. The second-order valence-electron chi connectivity index (χ2n) is 7.41. The molecule has 1 saturated heterocycles. The van der Waals surface area contributed by atoms with E-state index < -0.39 is 11.7 Å². The van der Waals surface area contributed by atoms with Gasteiger partial charge in [0.25, 0.3) is 0 Å². The Kier molecular flexibility index (Phi) is 6.39. The number of benzene rings is 2. The summed E-state index contributed by atoms with van der Waals surface area (Å²) in [6.07, 6.45) is -4.25. The summed E-state index contributed by atoms with van der Waals surface area (Å²) in [6, 6.07) is 11.3. The van der Waals surface area contributed by atoms with Crippen LogP contribution in [0.15, 0.2) is 42.5 Å². The minimum absolute atomic E-state index is 0.126. The summed E-state index contributed by atoms with van der Waals surface area (Å²) in [5.74, 6) is -0.269. The molecule has 2 aromatic rings. The van der Waals surface area contributed by atoms with Crippen LogP contribution < -0.4 is 15.5 Å². The van der Waals surface area contributed by atoms with Crippen molar-refractivity contribution in [3.8, 4) is 0 Å². The van der Waals surface area contributed by atoms with Crippen LogP contribution in [0, 0.1) is 0 Å². The molecule has 2 aromatic carbocycles. The largest absolute Gasteiger partial charge is 0.417 e. The first-order chi connectivity index (χ1) is 13.6. The summed E-state index contributed by atoms with van der Waals surface area (Å²) < 4.78 is 38.8. The molecule has 29 heavy (non-hydrogen) atoms. The number of nitrogens with zero attached hydrogens (tertiary/aromatic N) is 1. The molecule has 0 bridgehead atoms. The summed E-state index contributed by atoms with van der Waals surface area (Å²) in [5.41, 5.74) is 1.77. The van der Waals surface area contributed by atoms with E-state index in [-0.39, 0.29) is 29.3 Å². The van der Waals surface area contributed by atoms with E-state index in [4.69, 9.17) is 11.6 Å². The lowest BCUT2D eigenvalue weighted by atomic mass is 9.93. The van der Waals surface area contributed by atoms with Gasteiger partial charge in [-0.25, -0.2) is 0 Å². The molecule has 8 heteroatoms. The van der Waals surface area contributed by atoms with Gasteiger partial charge in [0, 0.05) is 44.8 Å². The smallest absolute Gasteiger partial charge is 0.378 e. The van der Waals surface area contributed by atoms with Crippen molar-refractivity contribution in [1.82, 2.24) is 10.6 Å². The normalized spacial score (nSPS) is 19.2. The molecule has 2 unspecified atom stereocenters. The molecule has 0 spiro atoms. The van der Waals surface area contributed by atoms with Crippen molar-refractivity contribution in [2.45, 2.75) is 24.6 Å². The second-order valence-corrected chi connectivity index (χ2v) is 7.82. The van der Waals surface area contributed by atoms with Gasteiger partial charge in [-0.3, -0.25) is 4.79 Å². The fourth-order valence-electron chi connectivity index (χ4n) is 3.53. The molecule has 0 aromatic heterocycles. The molecular weight excluding hydrogens is 403 g/mol. The number of nitrogens with one attached hydrogen (secondary N) is 2. The SMILES string of the molecule is CN(C)c1ccc(CC(=O)NC2CNCC2c2ccc(C(F)(F)F)c(Cl)c2)cc1. The quantitative estimate of drug-likeness (QED) is 0.765. The fraction of sp³-hybridized carbons (Fsp3) is 0.381. The lowest BCUT2D eigenvalue weighted by Crippen LogP contribution is -2.40. The zero-order valence-electron chi connectivity index (χ0n) is 16.2. The molecule has 3 rings (SSSR count). The molecule has 156 valence electrons. The first-order valence-electron chi connectivity index (χ1n) is 9.28. The molecule has 2 atom stereocenters. The van der Waals surface area contributed by atoms with Crippen molar-refractivity contribution in [2.24, 2.45) is 0 Å². The number of alkyl halides is 3. The van der Waals surface area contributed by atoms with E-state index in [2.05, 4.69) is 10.6 Å². The summed E-state index contributed by atoms with van der Waals surface area (Å²) in [7, 11) is 3.89. The summed E-state index contributed by atoms with van der Waals surface area (Å²) in [6.45, 7) is 1.11. The molecule has 0 radical (unpaired) electrons. The Morgan fingerprint density at radius 1 is 1.17 bits per heavy atom. The number of hydrogen-bond acceptors (Lipinski definition) is 3. The zero-order chi connectivity index (χ0) is 21.2. The maximum absolute atomic E-state index is 12.9. The van der Waals surface area contributed by atoms with Gasteiger partial charge in [-0.2, -0.15) is 13.2 Å². The van der Waals surface area contributed by atoms with Gasteiger partial charge in [0.2, 0.25) is 5.91 Å². The predicted octanol–water partition coefficient (Wildman–Crippen LogP) is 3.84. The van der Waals surface area contributed by atoms with Crippen LogP contribution in [0.25, 0.3) is 0 Å². The van der Waals surface area contributed by atoms with E-state index in [1.807, 2.05) is 43.3 Å². The van der Waals surface area contributed by atoms with Crippen molar-refractivity contribution < 1.29 is 18.0 Å². The van der Waals surface area contributed by atoms with Gasteiger partial charge >= 0.3 is 6.18 Å². The number of rotatable bonds is 5. The molecule has 1 aliphatic heterocycles. The Labute approximate surface area is 173 Å². The summed E-state index contributed by atoms with van der Waals surface area (Å²) in [4.78, 5) is 14.5. The van der Waals surface area contributed by atoms with Gasteiger partial charge in [0.05, 0.1) is 17.0 Å². The van der Waals surface area contributed by atoms with Gasteiger partial charge in [-0.05, 0) is 35.4 Å². The third-order valence-electron chi connectivity index (χ3n) is 5.10. The third kappa shape index (κ3) is 5.22. The van der Waals surface area contributed by atoms with Crippen LogP contribution in [0.3, 0.4) is 0 Å². The van der Waals surface area contributed by atoms with Crippen LogP contribution in [0.5, 0.6) is 0 Å². The lowest BCUT2D eigenvalue weighted by Gasteiger charge is -2.21. The number of amides is 1. The van der Waals surface area contributed by atoms with Crippen LogP contribution in [0.1, 0.15) is 22.6 Å². The zero-order valence-corrected chi connectivity index (χ0v) is 16.9. The van der Waals surface area contributed by atoms with Crippen molar-refractivity contribution in [1.29, 1.82) is 0 Å². The highest BCUT2D eigenvalue weighted by Gasteiger charge is 2.35. The highest BCUT2D eigenvalue weighted by molar-refractivity contribution is 6.31. The van der Waals surface area contributed by atoms with Crippen LogP contribution in [-0.2, 0) is 17.4 Å². The molecule has 1 heterocycles. The van der Waals surface area contributed by atoms with Crippen LogP contribution in [0.4, 0.5) is 18.9 Å². The highest BCUT2D eigenvalue weighted by Crippen LogP contribution is 2.36. The molecule has 1 amide bonds. The van der Waals surface area contributed by atoms with E-state index in [9.17, 15) is 18.0 Å². The van der Waals surface area contributed by atoms with Crippen LogP contribution in [-0.4, -0.2) is 39.1 Å². The molecule has 1 fully saturated rings. The average Bonchev–Trinajstić information content (AvgIpc) is 3.08. The monoisotopic (exact) mass is 425 g/mol. The number of anilines is 1. The van der Waals surface area contributed by atoms with Gasteiger partial charge in [0.1, 0.15) is 0 Å². The van der Waals surface area contributed by atoms with E-state index >= 15 is 0 Å². The van der Waals surface area contributed by atoms with E-state index in [0.717, 1.165) is 17.3 Å². The number of carbonyl (C=O) groups is 1. The standard InChI is InChI=1S/C21H23ClF3N3O/c1-28(2)15-6-3-13(4-7-15)9-20(29)27-19-12-26-11-16(19)14-5-8-17(18(22)10-14)21(23,24)25/h3-8,10,16,19,26H,9,11-12H2,1-2H3,(H,27,29). The van der Waals surface area contributed by atoms with E-state index in [1.165, 1.54) is 12.1 Å². The Morgan fingerprint density at radius 2 is 1.86 bits per heavy atom. The fourth-order valence-corrected chi connectivity index (χ4v) is 3.82. The first kappa shape index (κ1) is 21.5. The lowest BCUT2D eigenvalue weighted by molar-refractivity contribution is -0.137. The predicted molar refractivity (Wildman–Crippen MR) is 108 cm³/mol. The first-order valence-corrected chi connectivity index (χ1v) is 9.66. The molecule has 0 saturated carbocycles. The van der Waals surface area contributed by atoms with Crippen molar-refractivity contribution in [3.63, 3.8) is 0 Å². The summed E-state index contributed by atoms with van der Waals surface area (Å²) in [5, 5.41) is 5.86. The topological polar surface area (TPSA) is 44.4 Å². The number of halogens is 4. The maximum atomic E-state index is 12.9. The maximum Gasteiger partial charge on any atom is 0.417 e. The van der Waals surface area contributed by atoms with E-state index in [0.29, 0.717) is 18.7 Å². The third-order valence-corrected chi connectivity index (χ3v) is 5.42. The molecule has 1 aliphatic rings. The average molecular weight is 426 g/mol. The Morgan fingerprint density at radius 3 is 2.45 bits per heavy atom. The minimum atomic E-state index is -4.49. The molecule has 4 nitrogen and oxygen atoms in total. The Bertz CT molecular complexity index is 868.